The predicted octanol–water partition coefficient (Wildman–Crippen LogP) is 3.95. The van der Waals surface area contributed by atoms with Crippen LogP contribution in [0, 0.1) is 0 Å². The van der Waals surface area contributed by atoms with Crippen molar-refractivity contribution in [2.45, 2.75) is 32.1 Å². The summed E-state index contributed by atoms with van der Waals surface area (Å²) >= 11 is 1.71. The van der Waals surface area contributed by atoms with Gasteiger partial charge in [0, 0.05) is 32.1 Å². The lowest BCUT2D eigenvalue weighted by Crippen LogP contribution is -2.31. The number of unbranched alkanes of at least 4 members (excludes halogenated alkanes) is 1. The number of rotatable bonds is 7. The maximum Gasteiger partial charge on any atom is 0.225 e. The number of aryl methyl sites for hydroxylation is 1. The first-order chi connectivity index (χ1) is 15.8. The number of nitrogens with one attached hydrogen (secondary N) is 1. The summed E-state index contributed by atoms with van der Waals surface area (Å²) in [7, 11) is 0. The molecule has 2 aliphatic rings. The van der Waals surface area contributed by atoms with E-state index in [2.05, 4.69) is 43.3 Å². The van der Waals surface area contributed by atoms with Crippen LogP contribution in [0.15, 0.2) is 35.8 Å². The zero-order valence-corrected chi connectivity index (χ0v) is 19.1. The van der Waals surface area contributed by atoms with Crippen molar-refractivity contribution >= 4 is 39.0 Å². The smallest absolute Gasteiger partial charge is 0.225 e. The second-order valence-corrected chi connectivity index (χ2v) is 9.31. The number of carbonyl (C=O) groups is 1. The van der Waals surface area contributed by atoms with Crippen molar-refractivity contribution < 1.29 is 9.53 Å². The fourth-order valence-electron chi connectivity index (χ4n) is 4.48. The topological polar surface area (TPSA) is 70.6 Å². The molecule has 2 aliphatic heterocycles. The number of carbonyl (C=O) groups excluding carboxylic acids is 1. The molecule has 0 unspecified atom stereocenters. The fraction of sp³-hybridized carbons (Fsp3) is 0.458. The summed E-state index contributed by atoms with van der Waals surface area (Å²) < 4.78 is 7.10. The maximum absolute atomic E-state index is 11.6. The number of amides is 1. The molecular weight excluding hydrogens is 422 g/mol. The molecule has 0 spiro atoms. The monoisotopic (exact) mass is 451 g/mol. The van der Waals surface area contributed by atoms with Gasteiger partial charge in [0.25, 0.3) is 0 Å². The fourth-order valence-corrected chi connectivity index (χ4v) is 5.18. The van der Waals surface area contributed by atoms with Gasteiger partial charge in [-0.2, -0.15) is 4.98 Å². The van der Waals surface area contributed by atoms with E-state index in [1.54, 1.807) is 11.3 Å². The first-order valence-corrected chi connectivity index (χ1v) is 12.4. The number of hydrogen-bond acceptors (Lipinski definition) is 7. The quantitative estimate of drug-likeness (QED) is 0.549. The molecule has 0 saturated carbocycles. The minimum absolute atomic E-state index is 0.0291. The Morgan fingerprint density at radius 3 is 3.00 bits per heavy atom. The summed E-state index contributed by atoms with van der Waals surface area (Å²) in [4.78, 5) is 25.6. The van der Waals surface area contributed by atoms with Gasteiger partial charge < -0.3 is 19.9 Å². The number of aromatic nitrogens is 2. The molecule has 32 heavy (non-hydrogen) atoms. The van der Waals surface area contributed by atoms with Crippen LogP contribution in [0.2, 0.25) is 0 Å². The zero-order chi connectivity index (χ0) is 21.8. The van der Waals surface area contributed by atoms with Gasteiger partial charge in [-0.1, -0.05) is 6.07 Å². The van der Waals surface area contributed by atoms with E-state index in [-0.39, 0.29) is 5.91 Å². The molecule has 5 rings (SSSR count). The van der Waals surface area contributed by atoms with E-state index in [0.29, 0.717) is 24.7 Å². The second-order valence-electron chi connectivity index (χ2n) is 8.42. The summed E-state index contributed by atoms with van der Waals surface area (Å²) in [5, 5.41) is 2.83. The van der Waals surface area contributed by atoms with Gasteiger partial charge in [-0.25, -0.2) is 4.98 Å². The molecule has 0 bridgehead atoms. The van der Waals surface area contributed by atoms with Crippen LogP contribution < -0.4 is 15.0 Å². The predicted molar refractivity (Wildman–Crippen MR) is 129 cm³/mol. The van der Waals surface area contributed by atoms with Gasteiger partial charge >= 0.3 is 0 Å². The van der Waals surface area contributed by atoms with Gasteiger partial charge in [0.1, 0.15) is 11.3 Å². The van der Waals surface area contributed by atoms with Gasteiger partial charge in [-0.15, -0.1) is 11.3 Å². The summed E-state index contributed by atoms with van der Waals surface area (Å²) in [5.74, 6) is 1.27. The highest BCUT2D eigenvalue weighted by Crippen LogP contribution is 2.29. The second kappa shape index (κ2) is 9.83. The Balaban J connectivity index is 1.06. The van der Waals surface area contributed by atoms with E-state index < -0.39 is 0 Å². The molecule has 0 radical (unpaired) electrons. The Bertz CT molecular complexity index is 1090. The van der Waals surface area contributed by atoms with Crippen molar-refractivity contribution in [3.63, 3.8) is 0 Å². The van der Waals surface area contributed by atoms with Gasteiger partial charge in [-0.05, 0) is 62.5 Å². The molecule has 0 atom stereocenters. The van der Waals surface area contributed by atoms with Crippen LogP contribution in [0.4, 0.5) is 11.5 Å². The van der Waals surface area contributed by atoms with Crippen LogP contribution in [-0.2, 0) is 11.2 Å². The van der Waals surface area contributed by atoms with Crippen LogP contribution in [0.5, 0.6) is 5.88 Å². The first-order valence-electron chi connectivity index (χ1n) is 11.5. The molecule has 2 aromatic heterocycles. The highest BCUT2D eigenvalue weighted by atomic mass is 32.1. The molecule has 4 heterocycles. The van der Waals surface area contributed by atoms with Crippen molar-refractivity contribution in [3.8, 4) is 5.88 Å². The van der Waals surface area contributed by atoms with E-state index in [4.69, 9.17) is 4.74 Å². The number of pyridine rings is 1. The number of nitrogens with zero attached hydrogens (tertiary/aromatic N) is 4. The molecule has 1 N–H and O–H groups in total. The summed E-state index contributed by atoms with van der Waals surface area (Å²) in [6.45, 7) is 6.07. The molecule has 1 saturated heterocycles. The maximum atomic E-state index is 11.6. The number of fused-ring (bicyclic) bond motifs is 2. The molecule has 1 aromatic carbocycles. The molecule has 0 aliphatic carbocycles. The third kappa shape index (κ3) is 4.86. The van der Waals surface area contributed by atoms with E-state index in [1.807, 2.05) is 17.6 Å². The van der Waals surface area contributed by atoms with Crippen LogP contribution in [-0.4, -0.2) is 60.1 Å². The lowest BCUT2D eigenvalue weighted by molar-refractivity contribution is -0.116. The third-order valence-corrected chi connectivity index (χ3v) is 7.01. The molecule has 3 aromatic rings. The molecule has 1 amide bonds. The highest BCUT2D eigenvalue weighted by Gasteiger charge is 2.18. The largest absolute Gasteiger partial charge is 0.478 e. The Morgan fingerprint density at radius 1 is 1.06 bits per heavy atom. The number of anilines is 2. The molecular formula is C24H29N5O2S. The molecule has 7 nitrogen and oxygen atoms in total. The van der Waals surface area contributed by atoms with Crippen molar-refractivity contribution in [2.75, 3.05) is 49.5 Å². The third-order valence-electron chi connectivity index (χ3n) is 6.22. The number of benzene rings is 1. The highest BCUT2D eigenvalue weighted by molar-refractivity contribution is 7.16. The summed E-state index contributed by atoms with van der Waals surface area (Å²) in [5.41, 5.74) is 5.43. The zero-order valence-electron chi connectivity index (χ0n) is 18.3. The normalized spacial score (nSPS) is 17.1. The van der Waals surface area contributed by atoms with Crippen molar-refractivity contribution in [1.82, 2.24) is 14.9 Å². The Kier molecular flexibility index (Phi) is 6.50. The van der Waals surface area contributed by atoms with E-state index in [9.17, 15) is 4.79 Å². The molecule has 1 fully saturated rings. The van der Waals surface area contributed by atoms with Gasteiger partial charge in [0.15, 0.2) is 0 Å². The van der Waals surface area contributed by atoms with Crippen LogP contribution >= 0.6 is 11.3 Å². The Morgan fingerprint density at radius 2 is 2.03 bits per heavy atom. The summed E-state index contributed by atoms with van der Waals surface area (Å²) in [6, 6.07) is 10.4. The van der Waals surface area contributed by atoms with Gasteiger partial charge in [0.05, 0.1) is 22.5 Å². The average molecular weight is 452 g/mol. The Hall–Kier alpha value is -2.71. The van der Waals surface area contributed by atoms with Crippen molar-refractivity contribution in [1.29, 1.82) is 0 Å². The minimum Gasteiger partial charge on any atom is -0.478 e. The van der Waals surface area contributed by atoms with Crippen molar-refractivity contribution in [2.24, 2.45) is 0 Å². The van der Waals surface area contributed by atoms with E-state index >= 15 is 0 Å². The number of hydrogen-bond donors (Lipinski definition) is 1. The standard InChI is InChI=1S/C24H29N5O2S/c30-21-9-7-18-8-10-22(27-24(18)26-21)31-16-2-1-11-28-12-4-13-29(15-14-28)19-5-3-6-20-23(19)25-17-32-20/h3,5-6,8,10,17H,1-2,4,7,9,11-16H2,(H,26,27,30). The molecule has 8 heteroatoms. The van der Waals surface area contributed by atoms with Gasteiger partial charge in [0.2, 0.25) is 11.8 Å². The number of para-hydroxylation sites is 1. The summed E-state index contributed by atoms with van der Waals surface area (Å²) in [6.07, 6.45) is 4.54. The lowest BCUT2D eigenvalue weighted by Gasteiger charge is -2.24. The molecule has 168 valence electrons. The SMILES string of the molecule is O=C1CCc2ccc(OCCCCN3CCCN(c4cccc5scnc45)CC3)nc2N1. The van der Waals surface area contributed by atoms with Crippen molar-refractivity contribution in [3.05, 3.63) is 41.4 Å². The number of thiazole rings is 1. The van der Waals surface area contributed by atoms with Gasteiger partial charge in [-0.3, -0.25) is 4.79 Å². The first kappa shape index (κ1) is 21.2. The lowest BCUT2D eigenvalue weighted by atomic mass is 10.1. The Labute approximate surface area is 192 Å². The van der Waals surface area contributed by atoms with Crippen LogP contribution in [0.3, 0.4) is 0 Å². The van der Waals surface area contributed by atoms with Crippen LogP contribution in [0.1, 0.15) is 31.2 Å². The van der Waals surface area contributed by atoms with E-state index in [1.165, 1.54) is 16.8 Å². The van der Waals surface area contributed by atoms with Crippen LogP contribution in [0.25, 0.3) is 10.2 Å². The minimum atomic E-state index is 0.0291. The number of ether oxygens (including phenoxy) is 1. The van der Waals surface area contributed by atoms with E-state index in [0.717, 1.165) is 63.1 Å². The average Bonchev–Trinajstić information content (AvgIpc) is 3.17.